The molecule has 2 aromatic carbocycles. The van der Waals surface area contributed by atoms with Crippen LogP contribution in [0.15, 0.2) is 30.3 Å². The number of benzene rings is 2. The number of fused-ring (bicyclic) bond motifs is 1. The summed E-state index contributed by atoms with van der Waals surface area (Å²) in [6.07, 6.45) is -3.87. The highest BCUT2D eigenvalue weighted by molar-refractivity contribution is 7.20. The molecular formula is C28H31F4N3O4S. The summed E-state index contributed by atoms with van der Waals surface area (Å²) in [6, 6.07) is 8.07. The Hall–Kier alpha value is -3.24. The van der Waals surface area contributed by atoms with Gasteiger partial charge < -0.3 is 35.6 Å². The highest BCUT2D eigenvalue weighted by Gasteiger charge is 2.31. The molecule has 0 amide bonds. The highest BCUT2D eigenvalue weighted by Crippen LogP contribution is 2.39. The lowest BCUT2D eigenvalue weighted by Crippen LogP contribution is -2.27. The zero-order valence-electron chi connectivity index (χ0n) is 21.7. The van der Waals surface area contributed by atoms with Gasteiger partial charge in [0.1, 0.15) is 18.2 Å². The number of hydrogen-bond acceptors (Lipinski definition) is 8. The van der Waals surface area contributed by atoms with E-state index in [0.29, 0.717) is 23.5 Å². The minimum absolute atomic E-state index is 0.00518. The summed E-state index contributed by atoms with van der Waals surface area (Å²) in [5.41, 5.74) is 1.29. The Morgan fingerprint density at radius 1 is 1.05 bits per heavy atom. The second kappa shape index (κ2) is 13.9. The van der Waals surface area contributed by atoms with E-state index in [1.165, 1.54) is 23.5 Å². The van der Waals surface area contributed by atoms with Crippen LogP contribution in [0.2, 0.25) is 0 Å². The third kappa shape index (κ3) is 7.91. The van der Waals surface area contributed by atoms with Crippen molar-refractivity contribution >= 4 is 38.5 Å². The minimum Gasteiger partial charge on any atom is -0.489 e. The van der Waals surface area contributed by atoms with E-state index in [4.69, 9.17) is 19.7 Å². The van der Waals surface area contributed by atoms with Crippen molar-refractivity contribution in [1.82, 2.24) is 0 Å². The molecule has 0 bridgehead atoms. The Morgan fingerprint density at radius 3 is 2.58 bits per heavy atom. The zero-order valence-corrected chi connectivity index (χ0v) is 22.5. The fourth-order valence-electron chi connectivity index (χ4n) is 4.38. The molecule has 0 atom stereocenters. The predicted molar refractivity (Wildman–Crippen MR) is 149 cm³/mol. The van der Waals surface area contributed by atoms with Crippen LogP contribution < -0.4 is 20.7 Å². The van der Waals surface area contributed by atoms with Crippen molar-refractivity contribution in [2.75, 3.05) is 62.1 Å². The number of thiophene rings is 1. The summed E-state index contributed by atoms with van der Waals surface area (Å²) < 4.78 is 66.8. The van der Waals surface area contributed by atoms with E-state index < -0.39 is 18.4 Å². The maximum atomic E-state index is 14.5. The van der Waals surface area contributed by atoms with Gasteiger partial charge in [-0.15, -0.1) is 11.3 Å². The molecule has 216 valence electrons. The normalized spacial score (nSPS) is 14.1. The van der Waals surface area contributed by atoms with E-state index >= 15 is 0 Å². The van der Waals surface area contributed by atoms with Crippen molar-refractivity contribution in [2.24, 2.45) is 0 Å². The maximum Gasteiger partial charge on any atom is 0.393 e. The first kappa shape index (κ1) is 29.7. The zero-order chi connectivity index (χ0) is 28.5. The molecule has 1 aliphatic rings. The summed E-state index contributed by atoms with van der Waals surface area (Å²) >= 11 is 1.22. The molecule has 12 heteroatoms. The van der Waals surface area contributed by atoms with Gasteiger partial charge in [0, 0.05) is 37.9 Å². The molecule has 1 fully saturated rings. The van der Waals surface area contributed by atoms with Gasteiger partial charge in [-0.2, -0.15) is 13.2 Å². The average molecular weight is 582 g/mol. The first-order valence-electron chi connectivity index (χ1n) is 12.9. The van der Waals surface area contributed by atoms with Crippen LogP contribution in [0.5, 0.6) is 5.75 Å². The number of halogens is 4. The molecule has 7 nitrogen and oxygen atoms in total. The molecule has 1 aromatic heterocycles. The van der Waals surface area contributed by atoms with Gasteiger partial charge in [-0.25, -0.2) is 4.39 Å². The molecule has 5 N–H and O–H groups in total. The number of aliphatic hydroxyl groups excluding tert-OH is 2. The Bertz CT molecular complexity index is 1350. The number of alkyl halides is 3. The molecule has 0 radical (unpaired) electrons. The van der Waals surface area contributed by atoms with Crippen LogP contribution in [0, 0.1) is 17.7 Å². The van der Waals surface area contributed by atoms with Crippen LogP contribution >= 0.6 is 11.3 Å². The van der Waals surface area contributed by atoms with Gasteiger partial charge in [0.15, 0.2) is 0 Å². The van der Waals surface area contributed by atoms with E-state index in [1.54, 1.807) is 12.1 Å². The second-order valence-corrected chi connectivity index (χ2v) is 10.1. The molecule has 1 saturated heterocycles. The van der Waals surface area contributed by atoms with Crippen molar-refractivity contribution in [1.29, 1.82) is 0 Å². The number of aliphatic hydroxyl groups is 2. The highest BCUT2D eigenvalue weighted by atomic mass is 32.1. The van der Waals surface area contributed by atoms with Crippen LogP contribution in [-0.4, -0.2) is 68.6 Å². The Kier molecular flexibility index (Phi) is 10.3. The van der Waals surface area contributed by atoms with Crippen LogP contribution in [0.3, 0.4) is 0 Å². The van der Waals surface area contributed by atoms with Crippen LogP contribution in [0.25, 0.3) is 10.1 Å². The summed E-state index contributed by atoms with van der Waals surface area (Å²) in [5, 5.41) is 27.8. The summed E-state index contributed by atoms with van der Waals surface area (Å²) in [4.78, 5) is 0.321. The van der Waals surface area contributed by atoms with Gasteiger partial charge in [0.2, 0.25) is 0 Å². The SMILES string of the molecule is OCCNc1cc(OCCO)c(NCC#Cc2sc3c(NC4CCOCC4)cccc3c2CC(F)(F)F)cc1F. The predicted octanol–water partition coefficient (Wildman–Crippen LogP) is 4.98. The number of nitrogens with one attached hydrogen (secondary N) is 3. The smallest absolute Gasteiger partial charge is 0.393 e. The minimum atomic E-state index is -4.41. The lowest BCUT2D eigenvalue weighted by Gasteiger charge is -2.24. The van der Waals surface area contributed by atoms with Crippen molar-refractivity contribution in [2.45, 2.75) is 31.5 Å². The van der Waals surface area contributed by atoms with Gasteiger partial charge >= 0.3 is 6.18 Å². The van der Waals surface area contributed by atoms with Gasteiger partial charge in [-0.1, -0.05) is 24.0 Å². The number of rotatable bonds is 11. The first-order chi connectivity index (χ1) is 19.3. The van der Waals surface area contributed by atoms with Crippen LogP contribution in [0.4, 0.5) is 34.6 Å². The molecule has 0 unspecified atom stereocenters. The van der Waals surface area contributed by atoms with Crippen molar-refractivity contribution in [3.05, 3.63) is 46.6 Å². The van der Waals surface area contributed by atoms with Crippen molar-refractivity contribution < 1.29 is 37.2 Å². The van der Waals surface area contributed by atoms with Crippen LogP contribution in [-0.2, 0) is 11.2 Å². The van der Waals surface area contributed by atoms with E-state index in [1.807, 2.05) is 6.07 Å². The molecule has 40 heavy (non-hydrogen) atoms. The van der Waals surface area contributed by atoms with Crippen molar-refractivity contribution in [3.63, 3.8) is 0 Å². The average Bonchev–Trinajstić information content (AvgIpc) is 3.27. The molecular weight excluding hydrogens is 550 g/mol. The van der Waals surface area contributed by atoms with E-state index in [0.717, 1.165) is 23.2 Å². The van der Waals surface area contributed by atoms with Crippen LogP contribution in [0.1, 0.15) is 23.3 Å². The first-order valence-corrected chi connectivity index (χ1v) is 13.7. The van der Waals surface area contributed by atoms with Gasteiger partial charge in [-0.3, -0.25) is 0 Å². The molecule has 0 spiro atoms. The molecule has 2 heterocycles. The lowest BCUT2D eigenvalue weighted by atomic mass is 10.1. The standard InChI is InChI=1S/C28H31F4N3O4S/c29-21-15-24(25(39-14-11-37)16-23(21)34-9-10-36)33-8-2-5-26-20(17-28(30,31)32)19-3-1-4-22(27(19)40-26)35-18-6-12-38-13-7-18/h1,3-4,15-16,18,33-37H,6-14,17H2. The third-order valence-electron chi connectivity index (χ3n) is 6.19. The summed E-state index contributed by atoms with van der Waals surface area (Å²) in [7, 11) is 0. The number of ether oxygens (including phenoxy) is 2. The molecule has 0 saturated carbocycles. The quantitative estimate of drug-likeness (QED) is 0.161. The topological polar surface area (TPSA) is 95.0 Å². The van der Waals surface area contributed by atoms with E-state index in [9.17, 15) is 17.6 Å². The van der Waals surface area contributed by atoms with E-state index in [-0.39, 0.29) is 61.6 Å². The van der Waals surface area contributed by atoms with Gasteiger partial charge in [0.05, 0.1) is 52.8 Å². The number of anilines is 3. The summed E-state index contributed by atoms with van der Waals surface area (Å²) in [5.74, 6) is 5.40. The number of hydrogen-bond donors (Lipinski definition) is 5. The second-order valence-electron chi connectivity index (χ2n) is 9.12. The maximum absolute atomic E-state index is 14.5. The Balaban J connectivity index is 1.58. The lowest BCUT2D eigenvalue weighted by molar-refractivity contribution is -0.126. The largest absolute Gasteiger partial charge is 0.489 e. The van der Waals surface area contributed by atoms with Crippen molar-refractivity contribution in [3.8, 4) is 17.6 Å². The Morgan fingerprint density at radius 2 is 1.85 bits per heavy atom. The fourth-order valence-corrected chi connectivity index (χ4v) is 5.55. The molecule has 1 aliphatic heterocycles. The van der Waals surface area contributed by atoms with E-state index in [2.05, 4.69) is 27.8 Å². The molecule has 0 aliphatic carbocycles. The van der Waals surface area contributed by atoms with Gasteiger partial charge in [0.25, 0.3) is 0 Å². The Labute approximate surface area is 233 Å². The third-order valence-corrected chi connectivity index (χ3v) is 7.39. The molecule has 3 aromatic rings. The monoisotopic (exact) mass is 581 g/mol. The summed E-state index contributed by atoms with van der Waals surface area (Å²) in [6.45, 7) is 0.942. The van der Waals surface area contributed by atoms with Gasteiger partial charge in [-0.05, 0) is 29.9 Å². The molecule has 4 rings (SSSR count). The fraction of sp³-hybridized carbons (Fsp3) is 0.429.